The highest BCUT2D eigenvalue weighted by atomic mass is 15.1. The summed E-state index contributed by atoms with van der Waals surface area (Å²) in [6, 6.07) is 2.04. The van der Waals surface area contributed by atoms with Gasteiger partial charge in [-0.3, -0.25) is 0 Å². The molecule has 0 unspecified atom stereocenters. The lowest BCUT2D eigenvalue weighted by Gasteiger charge is -2.10. The standard InChI is InChI=1S/C15H23N5/c1-4-7-12-9-14(17-6-3)19-15(18-12)13-10-16-11-20(13)8-5-2/h9-11H,4-8H2,1-3H3,(H,17,18,19). The van der Waals surface area contributed by atoms with Gasteiger partial charge in [-0.1, -0.05) is 20.3 Å². The van der Waals surface area contributed by atoms with E-state index < -0.39 is 0 Å². The maximum Gasteiger partial charge on any atom is 0.180 e. The summed E-state index contributed by atoms with van der Waals surface area (Å²) in [5.41, 5.74) is 2.07. The number of nitrogens with zero attached hydrogens (tertiary/aromatic N) is 4. The van der Waals surface area contributed by atoms with E-state index in [1.807, 2.05) is 18.6 Å². The normalized spacial score (nSPS) is 10.8. The molecule has 0 atom stereocenters. The Morgan fingerprint density at radius 1 is 1.15 bits per heavy atom. The van der Waals surface area contributed by atoms with E-state index in [1.165, 1.54) is 0 Å². The van der Waals surface area contributed by atoms with E-state index in [0.717, 1.165) is 55.4 Å². The van der Waals surface area contributed by atoms with Crippen molar-refractivity contribution in [1.82, 2.24) is 19.5 Å². The summed E-state index contributed by atoms with van der Waals surface area (Å²) < 4.78 is 2.11. The fraction of sp³-hybridized carbons (Fsp3) is 0.533. The minimum absolute atomic E-state index is 0.762. The first-order valence-electron chi connectivity index (χ1n) is 7.40. The molecule has 2 heterocycles. The van der Waals surface area contributed by atoms with E-state index in [2.05, 4.69) is 45.6 Å². The van der Waals surface area contributed by atoms with Crippen LogP contribution in [-0.4, -0.2) is 26.1 Å². The van der Waals surface area contributed by atoms with Crippen molar-refractivity contribution < 1.29 is 0 Å². The predicted molar refractivity (Wildman–Crippen MR) is 81.7 cm³/mol. The fourth-order valence-corrected chi connectivity index (χ4v) is 2.19. The first-order chi connectivity index (χ1) is 9.78. The van der Waals surface area contributed by atoms with E-state index in [-0.39, 0.29) is 0 Å². The van der Waals surface area contributed by atoms with Crippen molar-refractivity contribution in [3.8, 4) is 11.5 Å². The first-order valence-corrected chi connectivity index (χ1v) is 7.40. The Kier molecular flexibility index (Phi) is 5.09. The Hall–Kier alpha value is -1.91. The number of aromatic nitrogens is 4. The molecule has 108 valence electrons. The van der Waals surface area contributed by atoms with E-state index in [4.69, 9.17) is 0 Å². The zero-order valence-corrected chi connectivity index (χ0v) is 12.6. The average molecular weight is 273 g/mol. The Labute approximate surface area is 120 Å². The van der Waals surface area contributed by atoms with E-state index in [0.29, 0.717) is 0 Å². The van der Waals surface area contributed by atoms with Crippen molar-refractivity contribution in [1.29, 1.82) is 0 Å². The number of anilines is 1. The molecule has 0 saturated carbocycles. The predicted octanol–water partition coefficient (Wildman–Crippen LogP) is 3.13. The van der Waals surface area contributed by atoms with Crippen LogP contribution in [0.2, 0.25) is 0 Å². The number of imidazole rings is 1. The third-order valence-corrected chi connectivity index (χ3v) is 3.05. The van der Waals surface area contributed by atoms with Gasteiger partial charge < -0.3 is 9.88 Å². The molecule has 0 aliphatic heterocycles. The van der Waals surface area contributed by atoms with E-state index in [1.54, 1.807) is 0 Å². The average Bonchev–Trinajstić information content (AvgIpc) is 2.88. The molecule has 0 saturated heterocycles. The van der Waals surface area contributed by atoms with Crippen molar-refractivity contribution in [3.05, 3.63) is 24.3 Å². The van der Waals surface area contributed by atoms with Crippen LogP contribution in [0.4, 0.5) is 5.82 Å². The van der Waals surface area contributed by atoms with Gasteiger partial charge in [0.25, 0.3) is 0 Å². The maximum atomic E-state index is 4.68. The molecule has 2 aromatic heterocycles. The minimum atomic E-state index is 0.762. The van der Waals surface area contributed by atoms with Crippen LogP contribution in [0, 0.1) is 0 Å². The van der Waals surface area contributed by atoms with Gasteiger partial charge in [0.2, 0.25) is 0 Å². The van der Waals surface area contributed by atoms with Crippen LogP contribution < -0.4 is 5.32 Å². The zero-order chi connectivity index (χ0) is 14.4. The smallest absolute Gasteiger partial charge is 0.180 e. The van der Waals surface area contributed by atoms with Crippen LogP contribution in [0.5, 0.6) is 0 Å². The highest BCUT2D eigenvalue weighted by molar-refractivity contribution is 5.53. The second-order valence-electron chi connectivity index (χ2n) is 4.82. The molecule has 0 radical (unpaired) electrons. The van der Waals surface area contributed by atoms with Gasteiger partial charge >= 0.3 is 0 Å². The van der Waals surface area contributed by atoms with Crippen LogP contribution in [-0.2, 0) is 13.0 Å². The summed E-state index contributed by atoms with van der Waals surface area (Å²) in [5, 5.41) is 3.28. The summed E-state index contributed by atoms with van der Waals surface area (Å²) in [6.07, 6.45) is 6.81. The molecule has 0 amide bonds. The number of aryl methyl sites for hydroxylation is 2. The second kappa shape index (κ2) is 7.03. The third-order valence-electron chi connectivity index (χ3n) is 3.05. The van der Waals surface area contributed by atoms with Crippen LogP contribution in [0.1, 0.15) is 39.3 Å². The van der Waals surface area contributed by atoms with Gasteiger partial charge in [-0.25, -0.2) is 15.0 Å². The Morgan fingerprint density at radius 2 is 2.00 bits per heavy atom. The lowest BCUT2D eigenvalue weighted by Crippen LogP contribution is -2.06. The Bertz CT molecular complexity index is 523. The van der Waals surface area contributed by atoms with Crippen molar-refractivity contribution >= 4 is 5.82 Å². The van der Waals surface area contributed by atoms with Crippen molar-refractivity contribution in [2.24, 2.45) is 0 Å². The van der Waals surface area contributed by atoms with Gasteiger partial charge in [-0.05, 0) is 19.8 Å². The molecule has 0 bridgehead atoms. The van der Waals surface area contributed by atoms with Crippen molar-refractivity contribution in [2.75, 3.05) is 11.9 Å². The molecule has 1 N–H and O–H groups in total. The van der Waals surface area contributed by atoms with Crippen LogP contribution in [0.25, 0.3) is 11.5 Å². The zero-order valence-electron chi connectivity index (χ0n) is 12.6. The molecular weight excluding hydrogens is 250 g/mol. The van der Waals surface area contributed by atoms with Crippen LogP contribution in [0.15, 0.2) is 18.6 Å². The lowest BCUT2D eigenvalue weighted by atomic mass is 10.2. The molecule has 0 aliphatic carbocycles. The molecule has 20 heavy (non-hydrogen) atoms. The fourth-order valence-electron chi connectivity index (χ4n) is 2.19. The number of rotatable bonds is 7. The molecular formula is C15H23N5. The SMILES string of the molecule is CCCc1cc(NCC)nc(-c2cncn2CCC)n1. The molecule has 2 aromatic rings. The monoisotopic (exact) mass is 273 g/mol. The van der Waals surface area contributed by atoms with Gasteiger partial charge in [-0.15, -0.1) is 0 Å². The highest BCUT2D eigenvalue weighted by Gasteiger charge is 2.10. The van der Waals surface area contributed by atoms with Crippen molar-refractivity contribution in [2.45, 2.75) is 46.6 Å². The molecule has 0 fully saturated rings. The van der Waals surface area contributed by atoms with Crippen molar-refractivity contribution in [3.63, 3.8) is 0 Å². The van der Waals surface area contributed by atoms with Crippen LogP contribution >= 0.6 is 0 Å². The van der Waals surface area contributed by atoms with E-state index in [9.17, 15) is 0 Å². The largest absolute Gasteiger partial charge is 0.370 e. The molecule has 0 aliphatic rings. The molecule has 0 spiro atoms. The molecule has 5 nitrogen and oxygen atoms in total. The van der Waals surface area contributed by atoms with Gasteiger partial charge in [0.1, 0.15) is 11.5 Å². The maximum absolute atomic E-state index is 4.68. The topological polar surface area (TPSA) is 55.6 Å². The summed E-state index contributed by atoms with van der Waals surface area (Å²) in [4.78, 5) is 13.5. The quantitative estimate of drug-likeness (QED) is 0.842. The summed E-state index contributed by atoms with van der Waals surface area (Å²) in [6.45, 7) is 8.18. The van der Waals surface area contributed by atoms with Gasteiger partial charge in [0.05, 0.1) is 12.5 Å². The lowest BCUT2D eigenvalue weighted by molar-refractivity contribution is 0.680. The number of hydrogen-bond acceptors (Lipinski definition) is 4. The number of nitrogens with one attached hydrogen (secondary N) is 1. The summed E-state index contributed by atoms with van der Waals surface area (Å²) in [5.74, 6) is 1.66. The summed E-state index contributed by atoms with van der Waals surface area (Å²) in [7, 11) is 0. The molecule has 0 aromatic carbocycles. The van der Waals surface area contributed by atoms with E-state index >= 15 is 0 Å². The van der Waals surface area contributed by atoms with Crippen LogP contribution in [0.3, 0.4) is 0 Å². The molecule has 2 rings (SSSR count). The van der Waals surface area contributed by atoms with Gasteiger partial charge in [-0.2, -0.15) is 0 Å². The second-order valence-corrected chi connectivity index (χ2v) is 4.82. The summed E-state index contributed by atoms with van der Waals surface area (Å²) >= 11 is 0. The Balaban J connectivity index is 2.40. The third kappa shape index (κ3) is 3.35. The first kappa shape index (κ1) is 14.5. The highest BCUT2D eigenvalue weighted by Crippen LogP contribution is 2.19. The number of hydrogen-bond donors (Lipinski definition) is 1. The Morgan fingerprint density at radius 3 is 2.70 bits per heavy atom. The van der Waals surface area contributed by atoms with Gasteiger partial charge in [0, 0.05) is 24.8 Å². The van der Waals surface area contributed by atoms with Gasteiger partial charge in [0.15, 0.2) is 5.82 Å². The minimum Gasteiger partial charge on any atom is -0.370 e. The molecule has 5 heteroatoms.